The van der Waals surface area contributed by atoms with E-state index in [0.717, 1.165) is 19.3 Å². The Morgan fingerprint density at radius 1 is 1.20 bits per heavy atom. The van der Waals surface area contributed by atoms with Crippen LogP contribution >= 0.6 is 0 Å². The third kappa shape index (κ3) is 4.86. The Balaban J connectivity index is 3.02. The van der Waals surface area contributed by atoms with Crippen molar-refractivity contribution >= 4 is 11.6 Å². The van der Waals surface area contributed by atoms with Gasteiger partial charge in [-0.25, -0.2) is 9.97 Å². The standard InChI is InChI=1S/C13H21F3N4/c1-4-6-8-20(3)11-9-10(17-7-5-2)18-12(19-11)13(14,15)16/h9H,4-8H2,1-3H3,(H,17,18,19). The van der Waals surface area contributed by atoms with Gasteiger partial charge in [-0.2, -0.15) is 13.2 Å². The molecule has 0 spiro atoms. The molecule has 1 N–H and O–H groups in total. The number of hydrogen-bond donors (Lipinski definition) is 1. The molecule has 0 saturated carbocycles. The summed E-state index contributed by atoms with van der Waals surface area (Å²) in [5.41, 5.74) is 0. The maximum atomic E-state index is 12.8. The highest BCUT2D eigenvalue weighted by Crippen LogP contribution is 2.29. The average molecular weight is 290 g/mol. The Labute approximate surface area is 117 Å². The van der Waals surface area contributed by atoms with E-state index in [2.05, 4.69) is 15.3 Å². The quantitative estimate of drug-likeness (QED) is 0.833. The molecule has 0 fully saturated rings. The van der Waals surface area contributed by atoms with Crippen LogP contribution in [0.15, 0.2) is 6.07 Å². The lowest BCUT2D eigenvalue weighted by atomic mass is 10.3. The van der Waals surface area contributed by atoms with E-state index >= 15 is 0 Å². The Morgan fingerprint density at radius 2 is 1.90 bits per heavy atom. The molecule has 20 heavy (non-hydrogen) atoms. The second kappa shape index (κ2) is 7.31. The van der Waals surface area contributed by atoms with E-state index in [4.69, 9.17) is 0 Å². The van der Waals surface area contributed by atoms with Gasteiger partial charge in [-0.15, -0.1) is 0 Å². The Kier molecular flexibility index (Phi) is 6.04. The molecule has 114 valence electrons. The molecule has 0 aliphatic rings. The van der Waals surface area contributed by atoms with Gasteiger partial charge in [0, 0.05) is 26.2 Å². The van der Waals surface area contributed by atoms with Crippen molar-refractivity contribution in [3.8, 4) is 0 Å². The van der Waals surface area contributed by atoms with Crippen LogP contribution in [-0.4, -0.2) is 30.1 Å². The summed E-state index contributed by atoms with van der Waals surface area (Å²) in [7, 11) is 1.74. The van der Waals surface area contributed by atoms with Gasteiger partial charge in [-0.05, 0) is 12.8 Å². The van der Waals surface area contributed by atoms with Crippen molar-refractivity contribution in [1.82, 2.24) is 9.97 Å². The molecule has 0 unspecified atom stereocenters. The van der Waals surface area contributed by atoms with Crippen molar-refractivity contribution in [3.05, 3.63) is 11.9 Å². The zero-order valence-electron chi connectivity index (χ0n) is 12.1. The third-order valence-electron chi connectivity index (χ3n) is 2.76. The fourth-order valence-corrected chi connectivity index (χ4v) is 1.61. The molecule has 0 saturated heterocycles. The molecule has 1 rings (SSSR count). The fraction of sp³-hybridized carbons (Fsp3) is 0.692. The minimum Gasteiger partial charge on any atom is -0.370 e. The Hall–Kier alpha value is -1.53. The summed E-state index contributed by atoms with van der Waals surface area (Å²) in [6.45, 7) is 5.21. The van der Waals surface area contributed by atoms with Gasteiger partial charge < -0.3 is 10.2 Å². The van der Waals surface area contributed by atoms with Crippen molar-refractivity contribution in [3.63, 3.8) is 0 Å². The van der Waals surface area contributed by atoms with Crippen LogP contribution in [0, 0.1) is 0 Å². The first kappa shape index (κ1) is 16.5. The number of rotatable bonds is 7. The number of nitrogens with one attached hydrogen (secondary N) is 1. The number of alkyl halides is 3. The molecule has 4 nitrogen and oxygen atoms in total. The van der Waals surface area contributed by atoms with Crippen LogP contribution in [-0.2, 0) is 6.18 Å². The molecule has 0 bridgehead atoms. The molecule has 1 heterocycles. The number of unbranched alkanes of at least 4 members (excludes halogenated alkanes) is 1. The van der Waals surface area contributed by atoms with Gasteiger partial charge in [0.15, 0.2) is 0 Å². The number of halogens is 3. The summed E-state index contributed by atoms with van der Waals surface area (Å²) in [6, 6.07) is 1.56. The summed E-state index contributed by atoms with van der Waals surface area (Å²) < 4.78 is 38.4. The normalized spacial score (nSPS) is 11.5. The molecular weight excluding hydrogens is 269 g/mol. The van der Waals surface area contributed by atoms with E-state index in [-0.39, 0.29) is 5.82 Å². The molecule has 0 aromatic carbocycles. The number of nitrogens with zero attached hydrogens (tertiary/aromatic N) is 3. The molecule has 0 atom stereocenters. The zero-order chi connectivity index (χ0) is 15.2. The smallest absolute Gasteiger partial charge is 0.370 e. The van der Waals surface area contributed by atoms with Crippen LogP contribution in [0.25, 0.3) is 0 Å². The van der Waals surface area contributed by atoms with Gasteiger partial charge >= 0.3 is 6.18 Å². The maximum absolute atomic E-state index is 12.8. The molecule has 0 aliphatic carbocycles. The number of hydrogen-bond acceptors (Lipinski definition) is 4. The van der Waals surface area contributed by atoms with E-state index in [1.807, 2.05) is 13.8 Å². The average Bonchev–Trinajstić information content (AvgIpc) is 2.41. The third-order valence-corrected chi connectivity index (χ3v) is 2.76. The first-order chi connectivity index (χ1) is 9.38. The number of aromatic nitrogens is 2. The fourth-order valence-electron chi connectivity index (χ4n) is 1.61. The van der Waals surface area contributed by atoms with Crippen molar-refractivity contribution in [2.24, 2.45) is 0 Å². The van der Waals surface area contributed by atoms with Crippen molar-refractivity contribution in [2.75, 3.05) is 30.4 Å². The van der Waals surface area contributed by atoms with Gasteiger partial charge in [0.05, 0.1) is 0 Å². The van der Waals surface area contributed by atoms with Crippen molar-refractivity contribution < 1.29 is 13.2 Å². The van der Waals surface area contributed by atoms with E-state index in [9.17, 15) is 13.2 Å². The summed E-state index contributed by atoms with van der Waals surface area (Å²) in [5, 5.41) is 2.88. The van der Waals surface area contributed by atoms with Gasteiger partial charge in [-0.1, -0.05) is 20.3 Å². The topological polar surface area (TPSA) is 41.0 Å². The van der Waals surface area contributed by atoms with Gasteiger partial charge in [-0.3, -0.25) is 0 Å². The molecule has 1 aromatic heterocycles. The monoisotopic (exact) mass is 290 g/mol. The van der Waals surface area contributed by atoms with Crippen molar-refractivity contribution in [2.45, 2.75) is 39.3 Å². The summed E-state index contributed by atoms with van der Waals surface area (Å²) in [5.74, 6) is -0.594. The highest BCUT2D eigenvalue weighted by molar-refractivity contribution is 5.49. The second-order valence-electron chi connectivity index (χ2n) is 4.63. The van der Waals surface area contributed by atoms with E-state index in [1.165, 1.54) is 0 Å². The van der Waals surface area contributed by atoms with Crippen LogP contribution in [0.3, 0.4) is 0 Å². The van der Waals surface area contributed by atoms with E-state index < -0.39 is 12.0 Å². The van der Waals surface area contributed by atoms with Crippen LogP contribution in [0.4, 0.5) is 24.8 Å². The summed E-state index contributed by atoms with van der Waals surface area (Å²) >= 11 is 0. The highest BCUT2D eigenvalue weighted by atomic mass is 19.4. The lowest BCUT2D eigenvalue weighted by Gasteiger charge is -2.20. The first-order valence-electron chi connectivity index (χ1n) is 6.79. The molecule has 7 heteroatoms. The SMILES string of the molecule is CCCCN(C)c1cc(NCCC)nc(C(F)(F)F)n1. The van der Waals surface area contributed by atoms with Gasteiger partial charge in [0.2, 0.25) is 5.82 Å². The Morgan fingerprint density at radius 3 is 2.45 bits per heavy atom. The molecule has 0 aliphatic heterocycles. The van der Waals surface area contributed by atoms with Crippen LogP contribution in [0.1, 0.15) is 38.9 Å². The predicted octanol–water partition coefficient (Wildman–Crippen LogP) is 3.55. The van der Waals surface area contributed by atoms with Crippen molar-refractivity contribution in [1.29, 1.82) is 0 Å². The zero-order valence-corrected chi connectivity index (χ0v) is 12.1. The summed E-state index contributed by atoms with van der Waals surface area (Å²) in [6.07, 6.45) is -1.85. The summed E-state index contributed by atoms with van der Waals surface area (Å²) in [4.78, 5) is 8.87. The maximum Gasteiger partial charge on any atom is 0.451 e. The molecule has 0 amide bonds. The number of anilines is 2. The predicted molar refractivity (Wildman–Crippen MR) is 74.0 cm³/mol. The van der Waals surface area contributed by atoms with Crippen LogP contribution in [0.5, 0.6) is 0 Å². The molecular formula is C13H21F3N4. The minimum absolute atomic E-state index is 0.215. The Bertz CT molecular complexity index is 421. The van der Waals surface area contributed by atoms with E-state index in [0.29, 0.717) is 18.9 Å². The molecule has 0 radical (unpaired) electrons. The largest absolute Gasteiger partial charge is 0.451 e. The second-order valence-corrected chi connectivity index (χ2v) is 4.63. The lowest BCUT2D eigenvalue weighted by molar-refractivity contribution is -0.144. The minimum atomic E-state index is -4.54. The van der Waals surface area contributed by atoms with E-state index in [1.54, 1.807) is 18.0 Å². The highest BCUT2D eigenvalue weighted by Gasteiger charge is 2.35. The first-order valence-corrected chi connectivity index (χ1v) is 6.79. The van der Waals surface area contributed by atoms with Gasteiger partial charge in [0.25, 0.3) is 0 Å². The van der Waals surface area contributed by atoms with Crippen LogP contribution in [0.2, 0.25) is 0 Å². The lowest BCUT2D eigenvalue weighted by Crippen LogP contribution is -2.23. The molecule has 1 aromatic rings. The van der Waals surface area contributed by atoms with Gasteiger partial charge in [0.1, 0.15) is 11.6 Å². The van der Waals surface area contributed by atoms with Crippen LogP contribution < -0.4 is 10.2 Å².